The van der Waals surface area contributed by atoms with Crippen LogP contribution in [0.25, 0.3) is 0 Å². The Morgan fingerprint density at radius 2 is 1.73 bits per heavy atom. The number of urea groups is 1. The number of nitrogens with zero attached hydrogens (tertiary/aromatic N) is 1. The third-order valence-corrected chi connectivity index (χ3v) is 5.12. The SMILES string of the molecule is Cc1cccc(C(C)C)c1NC(=O)NC1CCN(c2ccccc2)CC1. The van der Waals surface area contributed by atoms with Gasteiger partial charge in [0.15, 0.2) is 0 Å². The molecule has 0 aliphatic carbocycles. The Labute approximate surface area is 156 Å². The maximum atomic E-state index is 12.5. The fourth-order valence-electron chi connectivity index (χ4n) is 3.60. The minimum Gasteiger partial charge on any atom is -0.371 e. The van der Waals surface area contributed by atoms with Gasteiger partial charge in [-0.3, -0.25) is 0 Å². The van der Waals surface area contributed by atoms with Gasteiger partial charge in [0.25, 0.3) is 0 Å². The topological polar surface area (TPSA) is 44.4 Å². The summed E-state index contributed by atoms with van der Waals surface area (Å²) >= 11 is 0. The Kier molecular flexibility index (Phi) is 5.82. The summed E-state index contributed by atoms with van der Waals surface area (Å²) in [6.07, 6.45) is 1.93. The van der Waals surface area contributed by atoms with Crippen LogP contribution in [0.2, 0.25) is 0 Å². The third kappa shape index (κ3) is 4.37. The third-order valence-electron chi connectivity index (χ3n) is 5.12. The first-order valence-corrected chi connectivity index (χ1v) is 9.51. The summed E-state index contributed by atoms with van der Waals surface area (Å²) in [4.78, 5) is 14.9. The number of carbonyl (C=O) groups is 1. The van der Waals surface area contributed by atoms with Gasteiger partial charge >= 0.3 is 6.03 Å². The van der Waals surface area contributed by atoms with Crippen molar-refractivity contribution in [2.75, 3.05) is 23.3 Å². The average Bonchev–Trinajstić information content (AvgIpc) is 2.64. The summed E-state index contributed by atoms with van der Waals surface area (Å²) in [5.74, 6) is 0.374. The van der Waals surface area contributed by atoms with Crippen LogP contribution in [0.1, 0.15) is 43.7 Å². The van der Waals surface area contributed by atoms with Gasteiger partial charge in [0.05, 0.1) is 0 Å². The van der Waals surface area contributed by atoms with Crippen molar-refractivity contribution in [2.24, 2.45) is 0 Å². The van der Waals surface area contributed by atoms with E-state index in [-0.39, 0.29) is 12.1 Å². The van der Waals surface area contributed by atoms with E-state index in [0.717, 1.165) is 37.2 Å². The lowest BCUT2D eigenvalue weighted by atomic mass is 9.98. The van der Waals surface area contributed by atoms with Crippen molar-refractivity contribution in [3.05, 3.63) is 59.7 Å². The highest BCUT2D eigenvalue weighted by Crippen LogP contribution is 2.27. The second-order valence-corrected chi connectivity index (χ2v) is 7.39. The first-order valence-electron chi connectivity index (χ1n) is 9.51. The number of benzene rings is 2. The molecule has 0 aromatic heterocycles. The fraction of sp³-hybridized carbons (Fsp3) is 0.409. The number of para-hydroxylation sites is 2. The number of anilines is 2. The van der Waals surface area contributed by atoms with Gasteiger partial charge in [-0.1, -0.05) is 50.2 Å². The lowest BCUT2D eigenvalue weighted by molar-refractivity contribution is 0.246. The molecule has 1 fully saturated rings. The smallest absolute Gasteiger partial charge is 0.319 e. The van der Waals surface area contributed by atoms with Crippen molar-refractivity contribution >= 4 is 17.4 Å². The van der Waals surface area contributed by atoms with Crippen molar-refractivity contribution in [1.29, 1.82) is 0 Å². The van der Waals surface area contributed by atoms with Gasteiger partial charge in [-0.2, -0.15) is 0 Å². The Bertz CT molecular complexity index is 734. The van der Waals surface area contributed by atoms with Gasteiger partial charge in [-0.05, 0) is 48.9 Å². The quantitative estimate of drug-likeness (QED) is 0.822. The molecule has 3 rings (SSSR count). The molecule has 4 nitrogen and oxygen atoms in total. The van der Waals surface area contributed by atoms with Crippen LogP contribution in [0, 0.1) is 6.92 Å². The van der Waals surface area contributed by atoms with Crippen molar-refractivity contribution in [3.63, 3.8) is 0 Å². The molecule has 2 aromatic rings. The van der Waals surface area contributed by atoms with Crippen molar-refractivity contribution < 1.29 is 4.79 Å². The van der Waals surface area contributed by atoms with Crippen LogP contribution in [0.4, 0.5) is 16.2 Å². The molecule has 1 aliphatic heterocycles. The lowest BCUT2D eigenvalue weighted by Crippen LogP contribution is -2.46. The number of piperidine rings is 1. The molecule has 0 bridgehead atoms. The molecule has 2 aromatic carbocycles. The Morgan fingerprint density at radius 1 is 1.04 bits per heavy atom. The Morgan fingerprint density at radius 3 is 2.38 bits per heavy atom. The zero-order valence-electron chi connectivity index (χ0n) is 16.0. The maximum absolute atomic E-state index is 12.5. The predicted octanol–water partition coefficient (Wildman–Crippen LogP) is 4.91. The second-order valence-electron chi connectivity index (χ2n) is 7.39. The van der Waals surface area contributed by atoms with E-state index in [1.165, 1.54) is 11.3 Å². The van der Waals surface area contributed by atoms with Gasteiger partial charge in [-0.15, -0.1) is 0 Å². The molecule has 1 heterocycles. The molecule has 0 atom stereocenters. The van der Waals surface area contributed by atoms with Crippen molar-refractivity contribution in [2.45, 2.75) is 45.6 Å². The van der Waals surface area contributed by atoms with E-state index in [1.54, 1.807) is 0 Å². The Balaban J connectivity index is 1.56. The van der Waals surface area contributed by atoms with Gasteiger partial charge in [0, 0.05) is 30.5 Å². The first kappa shape index (κ1) is 18.3. The summed E-state index contributed by atoms with van der Waals surface area (Å²) in [5.41, 5.74) is 4.49. The van der Waals surface area contributed by atoms with Gasteiger partial charge in [0.2, 0.25) is 0 Å². The molecule has 2 amide bonds. The molecule has 138 valence electrons. The number of hydrogen-bond acceptors (Lipinski definition) is 2. The Hall–Kier alpha value is -2.49. The number of amides is 2. The summed E-state index contributed by atoms with van der Waals surface area (Å²) in [5, 5.41) is 6.24. The second kappa shape index (κ2) is 8.26. The highest BCUT2D eigenvalue weighted by atomic mass is 16.2. The fourth-order valence-corrected chi connectivity index (χ4v) is 3.60. The van der Waals surface area contributed by atoms with Crippen LogP contribution in [-0.4, -0.2) is 25.2 Å². The largest absolute Gasteiger partial charge is 0.371 e. The van der Waals surface area contributed by atoms with E-state index in [2.05, 4.69) is 59.7 Å². The van der Waals surface area contributed by atoms with E-state index < -0.39 is 0 Å². The maximum Gasteiger partial charge on any atom is 0.319 e. The van der Waals surface area contributed by atoms with Crippen LogP contribution >= 0.6 is 0 Å². The number of carbonyl (C=O) groups excluding carboxylic acids is 1. The van der Waals surface area contributed by atoms with E-state index in [9.17, 15) is 4.79 Å². The van der Waals surface area contributed by atoms with Crippen LogP contribution in [0.3, 0.4) is 0 Å². The summed E-state index contributed by atoms with van der Waals surface area (Å²) in [6, 6.07) is 16.8. The van der Waals surface area contributed by atoms with Gasteiger partial charge < -0.3 is 15.5 Å². The molecule has 2 N–H and O–H groups in total. The molecule has 0 radical (unpaired) electrons. The number of aryl methyl sites for hydroxylation is 1. The lowest BCUT2D eigenvalue weighted by Gasteiger charge is -2.34. The van der Waals surface area contributed by atoms with Crippen molar-refractivity contribution in [1.82, 2.24) is 5.32 Å². The minimum absolute atomic E-state index is 0.0978. The van der Waals surface area contributed by atoms with E-state index in [4.69, 9.17) is 0 Å². The van der Waals surface area contributed by atoms with Crippen LogP contribution < -0.4 is 15.5 Å². The molecule has 1 saturated heterocycles. The van der Waals surface area contributed by atoms with Gasteiger partial charge in [-0.25, -0.2) is 4.79 Å². The molecule has 0 spiro atoms. The number of nitrogens with one attached hydrogen (secondary N) is 2. The van der Waals surface area contributed by atoms with E-state index in [1.807, 2.05) is 25.1 Å². The van der Waals surface area contributed by atoms with Gasteiger partial charge in [0.1, 0.15) is 0 Å². The summed E-state index contributed by atoms with van der Waals surface area (Å²) < 4.78 is 0. The summed E-state index contributed by atoms with van der Waals surface area (Å²) in [7, 11) is 0. The first-order chi connectivity index (χ1) is 12.5. The predicted molar refractivity (Wildman–Crippen MR) is 109 cm³/mol. The van der Waals surface area contributed by atoms with Crippen LogP contribution in [-0.2, 0) is 0 Å². The van der Waals surface area contributed by atoms with E-state index >= 15 is 0 Å². The molecular weight excluding hydrogens is 322 g/mol. The van der Waals surface area contributed by atoms with Crippen molar-refractivity contribution in [3.8, 4) is 0 Å². The van der Waals surface area contributed by atoms with Crippen LogP contribution in [0.15, 0.2) is 48.5 Å². The number of hydrogen-bond donors (Lipinski definition) is 2. The molecule has 4 heteroatoms. The zero-order valence-corrected chi connectivity index (χ0v) is 16.0. The highest BCUT2D eigenvalue weighted by Gasteiger charge is 2.21. The molecule has 1 aliphatic rings. The van der Waals surface area contributed by atoms with E-state index in [0.29, 0.717) is 5.92 Å². The highest BCUT2D eigenvalue weighted by molar-refractivity contribution is 5.91. The normalized spacial score (nSPS) is 15.2. The standard InChI is InChI=1S/C22H29N3O/c1-16(2)20-11-7-8-17(3)21(20)24-22(26)23-18-12-14-25(15-13-18)19-9-5-4-6-10-19/h4-11,16,18H,12-15H2,1-3H3,(H2,23,24,26). The zero-order chi connectivity index (χ0) is 18.5. The van der Waals surface area contributed by atoms with Crippen LogP contribution in [0.5, 0.6) is 0 Å². The molecular formula is C22H29N3O. The summed E-state index contributed by atoms with van der Waals surface area (Å²) in [6.45, 7) is 8.28. The number of rotatable bonds is 4. The molecule has 0 unspecified atom stereocenters. The molecule has 26 heavy (non-hydrogen) atoms. The minimum atomic E-state index is -0.0978. The molecule has 0 saturated carbocycles. The monoisotopic (exact) mass is 351 g/mol. The average molecular weight is 351 g/mol.